The number of benzene rings is 1. The smallest absolute Gasteiger partial charge is 0.350 e. The van der Waals surface area contributed by atoms with E-state index in [0.717, 1.165) is 32.8 Å². The number of aryl methyl sites for hydroxylation is 2. The van der Waals surface area contributed by atoms with E-state index in [1.807, 2.05) is 31.2 Å². The van der Waals surface area contributed by atoms with Gasteiger partial charge in [-0.05, 0) is 38.5 Å². The predicted octanol–water partition coefficient (Wildman–Crippen LogP) is 4.22. The van der Waals surface area contributed by atoms with Gasteiger partial charge in [0.15, 0.2) is 5.13 Å². The molecule has 0 aliphatic heterocycles. The maximum atomic E-state index is 12.3. The number of para-hydroxylation sites is 1. The van der Waals surface area contributed by atoms with Crippen LogP contribution in [0.25, 0.3) is 10.9 Å². The normalized spacial score (nSPS) is 10.8. The highest BCUT2D eigenvalue weighted by Gasteiger charge is 2.18. The molecule has 7 nitrogen and oxygen atoms in total. The second kappa shape index (κ2) is 9.23. The molecule has 152 valence electrons. The Kier molecular flexibility index (Phi) is 6.71. The van der Waals surface area contributed by atoms with Crippen molar-refractivity contribution in [3.8, 4) is 5.75 Å². The number of methoxy groups -OCH3 is 1. The minimum absolute atomic E-state index is 0.167. The van der Waals surface area contributed by atoms with Gasteiger partial charge in [-0.25, -0.2) is 14.8 Å². The number of fused-ring (bicyclic) bond motifs is 1. The molecule has 0 unspecified atom stereocenters. The first kappa shape index (κ1) is 21.1. The van der Waals surface area contributed by atoms with Gasteiger partial charge in [0.1, 0.15) is 16.1 Å². The van der Waals surface area contributed by atoms with Crippen LogP contribution in [0.15, 0.2) is 29.3 Å². The molecular weight excluding hydrogens is 410 g/mol. The quantitative estimate of drug-likeness (QED) is 0.442. The van der Waals surface area contributed by atoms with Gasteiger partial charge in [-0.3, -0.25) is 4.79 Å². The van der Waals surface area contributed by atoms with Crippen molar-refractivity contribution in [1.82, 2.24) is 9.97 Å². The van der Waals surface area contributed by atoms with Crippen molar-refractivity contribution in [2.45, 2.75) is 25.8 Å². The molecule has 0 saturated heterocycles. The topological polar surface area (TPSA) is 90.4 Å². The molecule has 0 atom stereocenters. The van der Waals surface area contributed by atoms with Gasteiger partial charge in [-0.15, -0.1) is 0 Å². The van der Waals surface area contributed by atoms with Crippen LogP contribution in [0.1, 0.15) is 27.9 Å². The second-order valence-corrected chi connectivity index (χ2v) is 8.12. The lowest BCUT2D eigenvalue weighted by molar-refractivity contribution is -0.113. The number of thioether (sulfide) groups is 1. The highest BCUT2D eigenvalue weighted by atomic mass is 32.2. The number of hydrogen-bond donors (Lipinski definition) is 1. The number of thiazole rings is 1. The number of carbonyl (C=O) groups excluding carboxylic acids is 2. The maximum absolute atomic E-state index is 12.3. The number of hydrogen-bond acceptors (Lipinski definition) is 8. The fraction of sp³-hybridized carbons (Fsp3) is 0.300. The Morgan fingerprint density at radius 1 is 1.24 bits per heavy atom. The molecule has 0 aliphatic rings. The highest BCUT2D eigenvalue weighted by molar-refractivity contribution is 7.99. The Morgan fingerprint density at radius 3 is 2.76 bits per heavy atom. The van der Waals surface area contributed by atoms with Gasteiger partial charge in [0, 0.05) is 5.39 Å². The summed E-state index contributed by atoms with van der Waals surface area (Å²) >= 11 is 2.44. The van der Waals surface area contributed by atoms with Crippen LogP contribution < -0.4 is 10.1 Å². The van der Waals surface area contributed by atoms with Crippen molar-refractivity contribution in [2.75, 3.05) is 24.8 Å². The van der Waals surface area contributed by atoms with Crippen LogP contribution in [0, 0.1) is 13.8 Å². The Hall–Kier alpha value is -2.65. The van der Waals surface area contributed by atoms with E-state index in [0.29, 0.717) is 21.5 Å². The molecule has 1 aromatic carbocycles. The summed E-state index contributed by atoms with van der Waals surface area (Å²) in [5.74, 6) is 0.212. The lowest BCUT2D eigenvalue weighted by atomic mass is 10.1. The Balaban J connectivity index is 1.68. The van der Waals surface area contributed by atoms with Crippen molar-refractivity contribution in [3.05, 3.63) is 40.4 Å². The van der Waals surface area contributed by atoms with E-state index >= 15 is 0 Å². The van der Waals surface area contributed by atoms with Crippen molar-refractivity contribution in [2.24, 2.45) is 0 Å². The first-order chi connectivity index (χ1) is 13.9. The minimum atomic E-state index is -0.429. The summed E-state index contributed by atoms with van der Waals surface area (Å²) < 4.78 is 10.4. The standard InChI is InChI=1S/C20H21N3O4S2/c1-5-27-19(25)18-12(3)21-20(29-18)22-15(24)10-28-16-9-11(2)13-7-6-8-14(26-4)17(13)23-16/h6-9H,5,10H2,1-4H3,(H,21,22,24). The van der Waals surface area contributed by atoms with E-state index in [2.05, 4.69) is 15.3 Å². The van der Waals surface area contributed by atoms with Crippen LogP contribution in [-0.4, -0.2) is 41.3 Å². The third-order valence-corrected chi connectivity index (χ3v) is 6.02. The van der Waals surface area contributed by atoms with Gasteiger partial charge < -0.3 is 14.8 Å². The maximum Gasteiger partial charge on any atom is 0.350 e. The first-order valence-corrected chi connectivity index (χ1v) is 10.7. The van der Waals surface area contributed by atoms with E-state index < -0.39 is 5.97 Å². The second-order valence-electron chi connectivity index (χ2n) is 6.12. The molecular formula is C20H21N3O4S2. The molecule has 3 aromatic rings. The molecule has 3 rings (SSSR count). The van der Waals surface area contributed by atoms with Gasteiger partial charge in [0.2, 0.25) is 5.91 Å². The van der Waals surface area contributed by atoms with Crippen LogP contribution >= 0.6 is 23.1 Å². The number of anilines is 1. The van der Waals surface area contributed by atoms with Gasteiger partial charge >= 0.3 is 5.97 Å². The van der Waals surface area contributed by atoms with E-state index in [-0.39, 0.29) is 18.3 Å². The molecule has 29 heavy (non-hydrogen) atoms. The molecule has 0 spiro atoms. The van der Waals surface area contributed by atoms with Crippen LogP contribution in [0.5, 0.6) is 5.75 Å². The number of ether oxygens (including phenoxy) is 2. The molecule has 1 N–H and O–H groups in total. The zero-order valence-corrected chi connectivity index (χ0v) is 18.2. The van der Waals surface area contributed by atoms with Crippen molar-refractivity contribution in [3.63, 3.8) is 0 Å². The van der Waals surface area contributed by atoms with Crippen LogP contribution in [0.4, 0.5) is 5.13 Å². The Morgan fingerprint density at radius 2 is 2.03 bits per heavy atom. The fourth-order valence-corrected chi connectivity index (χ4v) is 4.37. The van der Waals surface area contributed by atoms with Gasteiger partial charge in [0.25, 0.3) is 0 Å². The number of amides is 1. The average molecular weight is 432 g/mol. The SMILES string of the molecule is CCOC(=O)c1sc(NC(=O)CSc2cc(C)c3cccc(OC)c3n2)nc1C. The third kappa shape index (κ3) is 4.86. The molecule has 0 saturated carbocycles. The monoisotopic (exact) mass is 431 g/mol. The van der Waals surface area contributed by atoms with E-state index in [9.17, 15) is 9.59 Å². The van der Waals surface area contributed by atoms with E-state index in [1.165, 1.54) is 11.8 Å². The molecule has 0 bridgehead atoms. The lowest BCUT2D eigenvalue weighted by Gasteiger charge is -2.09. The number of rotatable bonds is 7. The fourth-order valence-electron chi connectivity index (χ4n) is 2.73. The third-order valence-electron chi connectivity index (χ3n) is 4.06. The molecule has 2 heterocycles. The molecule has 0 fully saturated rings. The number of aromatic nitrogens is 2. The number of pyridine rings is 1. The van der Waals surface area contributed by atoms with Gasteiger partial charge in [-0.1, -0.05) is 35.2 Å². The Bertz CT molecular complexity index is 1070. The van der Waals surface area contributed by atoms with Crippen LogP contribution in [-0.2, 0) is 9.53 Å². The highest BCUT2D eigenvalue weighted by Crippen LogP contribution is 2.30. The molecule has 1 amide bonds. The van der Waals surface area contributed by atoms with E-state index in [1.54, 1.807) is 21.0 Å². The summed E-state index contributed by atoms with van der Waals surface area (Å²) in [6.45, 7) is 5.74. The lowest BCUT2D eigenvalue weighted by Crippen LogP contribution is -2.14. The summed E-state index contributed by atoms with van der Waals surface area (Å²) in [5.41, 5.74) is 2.37. The summed E-state index contributed by atoms with van der Waals surface area (Å²) in [7, 11) is 1.61. The number of carbonyl (C=O) groups is 2. The summed E-state index contributed by atoms with van der Waals surface area (Å²) in [5, 5.41) is 4.86. The zero-order chi connectivity index (χ0) is 21.0. The van der Waals surface area contributed by atoms with Gasteiger partial charge in [0.05, 0.1) is 30.2 Å². The zero-order valence-electron chi connectivity index (χ0n) is 16.6. The molecule has 2 aromatic heterocycles. The molecule has 0 radical (unpaired) electrons. The molecule has 0 aliphatic carbocycles. The number of nitrogens with zero attached hydrogens (tertiary/aromatic N) is 2. The van der Waals surface area contributed by atoms with Crippen molar-refractivity contribution in [1.29, 1.82) is 0 Å². The van der Waals surface area contributed by atoms with Crippen molar-refractivity contribution >= 4 is 51.0 Å². The summed E-state index contributed by atoms with van der Waals surface area (Å²) in [4.78, 5) is 33.5. The average Bonchev–Trinajstić information content (AvgIpc) is 3.06. The summed E-state index contributed by atoms with van der Waals surface area (Å²) in [6.07, 6.45) is 0. The first-order valence-electron chi connectivity index (χ1n) is 8.94. The van der Waals surface area contributed by atoms with E-state index in [4.69, 9.17) is 9.47 Å². The largest absolute Gasteiger partial charge is 0.494 e. The minimum Gasteiger partial charge on any atom is -0.494 e. The Labute approximate surface area is 176 Å². The number of esters is 1. The van der Waals surface area contributed by atoms with Crippen LogP contribution in [0.3, 0.4) is 0 Å². The predicted molar refractivity (Wildman–Crippen MR) is 115 cm³/mol. The van der Waals surface area contributed by atoms with Crippen molar-refractivity contribution < 1.29 is 19.1 Å². The summed E-state index contributed by atoms with van der Waals surface area (Å²) in [6, 6.07) is 7.73. The van der Waals surface area contributed by atoms with Gasteiger partial charge in [-0.2, -0.15) is 0 Å². The van der Waals surface area contributed by atoms with Crippen LogP contribution in [0.2, 0.25) is 0 Å². The number of nitrogens with one attached hydrogen (secondary N) is 1. The molecule has 9 heteroatoms.